The summed E-state index contributed by atoms with van der Waals surface area (Å²) in [5.41, 5.74) is 7.32. The Hall–Kier alpha value is -1.82. The van der Waals surface area contributed by atoms with Crippen LogP contribution >= 0.6 is 22.6 Å². The van der Waals surface area contributed by atoms with E-state index in [0.29, 0.717) is 11.1 Å². The Kier molecular flexibility index (Phi) is 3.02. The van der Waals surface area contributed by atoms with Crippen LogP contribution in [-0.2, 0) is 0 Å². The van der Waals surface area contributed by atoms with E-state index in [4.69, 9.17) is 10.2 Å². The molecule has 1 amide bonds. The highest BCUT2D eigenvalue weighted by atomic mass is 127. The Morgan fingerprint density at radius 1 is 1.11 bits per heavy atom. The molecule has 0 atom stereocenters. The van der Waals surface area contributed by atoms with Gasteiger partial charge in [-0.05, 0) is 40.8 Å². The molecule has 19 heavy (non-hydrogen) atoms. The minimum Gasteiger partial charge on any atom is -0.455 e. The highest BCUT2D eigenvalue weighted by molar-refractivity contribution is 14.1. The van der Waals surface area contributed by atoms with Crippen LogP contribution in [0.4, 0.5) is 0 Å². The third-order valence-corrected chi connectivity index (χ3v) is 3.89. The number of primary amides is 1. The summed E-state index contributed by atoms with van der Waals surface area (Å²) in [5.74, 6) is 0.267. The zero-order valence-electron chi connectivity index (χ0n) is 9.89. The second kappa shape index (κ2) is 4.70. The van der Waals surface area contributed by atoms with Gasteiger partial charge in [0, 0.05) is 14.5 Å². The van der Waals surface area contributed by atoms with Gasteiger partial charge in [0.05, 0.1) is 5.56 Å². The summed E-state index contributed by atoms with van der Waals surface area (Å²) in [4.78, 5) is 11.4. The van der Waals surface area contributed by atoms with Crippen molar-refractivity contribution in [3.05, 3.63) is 57.7 Å². The first-order chi connectivity index (χ1) is 9.16. The number of nitrogens with two attached hydrogens (primary N) is 1. The molecule has 3 rings (SSSR count). The molecule has 0 bridgehead atoms. The molecule has 4 heteroatoms. The Morgan fingerprint density at radius 2 is 1.89 bits per heavy atom. The van der Waals surface area contributed by atoms with Crippen molar-refractivity contribution in [2.75, 3.05) is 0 Å². The van der Waals surface area contributed by atoms with E-state index in [9.17, 15) is 4.79 Å². The highest BCUT2D eigenvalue weighted by Gasteiger charge is 2.13. The third-order valence-electron chi connectivity index (χ3n) is 2.95. The Labute approximate surface area is 123 Å². The summed E-state index contributed by atoms with van der Waals surface area (Å²) < 4.78 is 6.92. The van der Waals surface area contributed by atoms with E-state index >= 15 is 0 Å². The lowest BCUT2D eigenvalue weighted by Gasteiger charge is -1.99. The van der Waals surface area contributed by atoms with Crippen molar-refractivity contribution < 1.29 is 9.21 Å². The summed E-state index contributed by atoms with van der Waals surface area (Å²) >= 11 is 2.26. The van der Waals surface area contributed by atoms with Gasteiger partial charge in [-0.1, -0.05) is 30.3 Å². The fourth-order valence-corrected chi connectivity index (χ4v) is 2.70. The van der Waals surface area contributed by atoms with Crippen LogP contribution in [0.5, 0.6) is 0 Å². The number of amides is 1. The Morgan fingerprint density at radius 3 is 2.63 bits per heavy atom. The Bertz CT molecular complexity index is 777. The molecule has 3 aromatic rings. The van der Waals surface area contributed by atoms with Crippen LogP contribution in [0.25, 0.3) is 22.3 Å². The number of rotatable bonds is 2. The maximum Gasteiger partial charge on any atom is 0.252 e. The topological polar surface area (TPSA) is 56.2 Å². The average molecular weight is 363 g/mol. The van der Waals surface area contributed by atoms with Crippen molar-refractivity contribution in [2.24, 2.45) is 5.73 Å². The zero-order valence-corrected chi connectivity index (χ0v) is 12.0. The van der Waals surface area contributed by atoms with Crippen molar-refractivity contribution in [2.45, 2.75) is 0 Å². The van der Waals surface area contributed by atoms with Gasteiger partial charge in [-0.25, -0.2) is 0 Å². The first-order valence-electron chi connectivity index (χ1n) is 5.74. The minimum atomic E-state index is -0.478. The van der Waals surface area contributed by atoms with Crippen molar-refractivity contribution in [1.82, 2.24) is 0 Å². The number of fused-ring (bicyclic) bond motifs is 1. The van der Waals surface area contributed by atoms with Crippen LogP contribution in [0, 0.1) is 3.57 Å². The first-order valence-corrected chi connectivity index (χ1v) is 6.82. The fraction of sp³-hybridized carbons (Fsp3) is 0. The van der Waals surface area contributed by atoms with Crippen molar-refractivity contribution in [3.63, 3.8) is 0 Å². The number of hydrogen-bond acceptors (Lipinski definition) is 2. The Balaban J connectivity index is 2.26. The van der Waals surface area contributed by atoms with Gasteiger partial charge < -0.3 is 10.2 Å². The molecule has 0 saturated carbocycles. The normalized spacial score (nSPS) is 10.8. The molecule has 3 nitrogen and oxygen atoms in total. The van der Waals surface area contributed by atoms with E-state index < -0.39 is 5.91 Å². The predicted octanol–water partition coefficient (Wildman–Crippen LogP) is 3.80. The molecule has 1 aromatic heterocycles. The van der Waals surface area contributed by atoms with Crippen LogP contribution in [-0.4, -0.2) is 5.91 Å². The van der Waals surface area contributed by atoms with Gasteiger partial charge in [0.25, 0.3) is 5.91 Å². The first kappa shape index (κ1) is 12.2. The summed E-state index contributed by atoms with van der Waals surface area (Å²) in [6.07, 6.45) is 0. The van der Waals surface area contributed by atoms with E-state index in [2.05, 4.69) is 22.6 Å². The molecule has 0 unspecified atom stereocenters. The number of para-hydroxylation sites is 1. The zero-order chi connectivity index (χ0) is 13.4. The molecule has 0 saturated heterocycles. The molecular formula is C15H10INO2. The minimum absolute atomic E-state index is 0.412. The van der Waals surface area contributed by atoms with E-state index in [-0.39, 0.29) is 0 Å². The number of hydrogen-bond donors (Lipinski definition) is 1. The fourth-order valence-electron chi connectivity index (χ4n) is 2.05. The van der Waals surface area contributed by atoms with Gasteiger partial charge >= 0.3 is 0 Å². The molecular weight excluding hydrogens is 353 g/mol. The number of furan rings is 1. The van der Waals surface area contributed by atoms with Gasteiger partial charge in [0.1, 0.15) is 11.3 Å². The number of benzene rings is 2. The van der Waals surface area contributed by atoms with Crippen molar-refractivity contribution in [1.29, 1.82) is 0 Å². The average Bonchev–Trinajstić information content (AvgIpc) is 2.82. The van der Waals surface area contributed by atoms with E-state index in [1.807, 2.05) is 36.4 Å². The quantitative estimate of drug-likeness (QED) is 0.704. The smallest absolute Gasteiger partial charge is 0.252 e. The molecule has 0 radical (unpaired) electrons. The van der Waals surface area contributed by atoms with Crippen molar-refractivity contribution >= 4 is 39.5 Å². The molecule has 0 fully saturated rings. The summed E-state index contributed by atoms with van der Waals surface area (Å²) in [6.45, 7) is 0. The predicted molar refractivity (Wildman–Crippen MR) is 82.9 cm³/mol. The van der Waals surface area contributed by atoms with Crippen LogP contribution in [0.3, 0.4) is 0 Å². The van der Waals surface area contributed by atoms with E-state index in [1.54, 1.807) is 12.1 Å². The molecule has 1 heterocycles. The van der Waals surface area contributed by atoms with E-state index in [1.165, 1.54) is 0 Å². The SMILES string of the molecule is NC(=O)c1cccc2cc(-c3ccccc3I)oc12. The van der Waals surface area contributed by atoms with Gasteiger partial charge in [-0.3, -0.25) is 4.79 Å². The molecule has 2 N–H and O–H groups in total. The third kappa shape index (κ3) is 2.12. The summed E-state index contributed by atoms with van der Waals surface area (Å²) in [5, 5.41) is 0.881. The number of carbonyl (C=O) groups excluding carboxylic acids is 1. The van der Waals surface area contributed by atoms with Crippen LogP contribution in [0.2, 0.25) is 0 Å². The van der Waals surface area contributed by atoms with Gasteiger partial charge in [0.2, 0.25) is 0 Å². The molecule has 0 spiro atoms. The van der Waals surface area contributed by atoms with E-state index in [0.717, 1.165) is 20.3 Å². The molecule has 94 valence electrons. The molecule has 0 aliphatic rings. The number of carbonyl (C=O) groups is 1. The largest absolute Gasteiger partial charge is 0.455 e. The second-order valence-electron chi connectivity index (χ2n) is 4.18. The molecule has 0 aliphatic heterocycles. The van der Waals surface area contributed by atoms with Crippen LogP contribution in [0.1, 0.15) is 10.4 Å². The maximum atomic E-state index is 11.4. The van der Waals surface area contributed by atoms with Gasteiger partial charge in [-0.15, -0.1) is 0 Å². The lowest BCUT2D eigenvalue weighted by Crippen LogP contribution is -2.10. The van der Waals surface area contributed by atoms with Crippen LogP contribution < -0.4 is 5.73 Å². The monoisotopic (exact) mass is 363 g/mol. The van der Waals surface area contributed by atoms with Gasteiger partial charge in [-0.2, -0.15) is 0 Å². The number of halogens is 1. The van der Waals surface area contributed by atoms with Crippen LogP contribution in [0.15, 0.2) is 52.9 Å². The molecule has 0 aliphatic carbocycles. The maximum absolute atomic E-state index is 11.4. The summed E-state index contributed by atoms with van der Waals surface area (Å²) in [6, 6.07) is 15.2. The lowest BCUT2D eigenvalue weighted by atomic mass is 10.1. The van der Waals surface area contributed by atoms with Crippen molar-refractivity contribution in [3.8, 4) is 11.3 Å². The lowest BCUT2D eigenvalue weighted by molar-refractivity contribution is 0.100. The summed E-state index contributed by atoms with van der Waals surface area (Å²) in [7, 11) is 0. The standard InChI is InChI=1S/C15H10INO2/c16-12-7-2-1-5-10(12)13-8-9-4-3-6-11(15(17)18)14(9)19-13/h1-8H,(H2,17,18). The molecule has 2 aromatic carbocycles. The van der Waals surface area contributed by atoms with Gasteiger partial charge in [0.15, 0.2) is 0 Å². The highest BCUT2D eigenvalue weighted by Crippen LogP contribution is 2.32. The second-order valence-corrected chi connectivity index (χ2v) is 5.34.